The highest BCUT2D eigenvalue weighted by Crippen LogP contribution is 2.42. The van der Waals surface area contributed by atoms with E-state index in [1.54, 1.807) is 0 Å². The quantitative estimate of drug-likeness (QED) is 0.207. The first kappa shape index (κ1) is 27.9. The molecule has 0 saturated heterocycles. The molecule has 3 nitrogen and oxygen atoms in total. The molecule has 1 N–H and O–H groups in total. The number of benzene rings is 4. The maximum atomic E-state index is 13.9. The summed E-state index contributed by atoms with van der Waals surface area (Å²) in [5.41, 5.74) is 12.0. The Labute approximate surface area is 248 Å². The number of hydrogen-bond donors (Lipinski definition) is 1. The molecule has 0 saturated carbocycles. The summed E-state index contributed by atoms with van der Waals surface area (Å²) < 4.78 is 13.9. The highest BCUT2D eigenvalue weighted by Gasteiger charge is 2.26. The molecule has 0 bridgehead atoms. The maximum Gasteiger partial charge on any atom is 0.123 e. The van der Waals surface area contributed by atoms with Gasteiger partial charge in [-0.3, -0.25) is 4.98 Å². The molecule has 1 aliphatic rings. The minimum Gasteiger partial charge on any atom is -0.392 e. The van der Waals surface area contributed by atoms with Crippen LogP contribution in [0.15, 0.2) is 103 Å². The van der Waals surface area contributed by atoms with Gasteiger partial charge in [-0.15, -0.1) is 0 Å². The Morgan fingerprint density at radius 2 is 1.45 bits per heavy atom. The molecule has 0 atom stereocenters. The predicted octanol–water partition coefficient (Wildman–Crippen LogP) is 8.87. The molecule has 0 fully saturated rings. The Balaban J connectivity index is 1.48. The SMILES string of the molecule is CC(C)c1nc2c(c(-c3ccc(F)cc3)c1CO)CCCc1cc(N(Cc3ccccc3)Cc3ccccc3)ccc1-2. The van der Waals surface area contributed by atoms with Crippen LogP contribution >= 0.6 is 0 Å². The minimum atomic E-state index is -0.262. The molecule has 0 aliphatic heterocycles. The fraction of sp³-hybridized carbons (Fsp3) is 0.237. The van der Waals surface area contributed by atoms with Gasteiger partial charge in [0, 0.05) is 35.6 Å². The van der Waals surface area contributed by atoms with E-state index < -0.39 is 0 Å². The number of halogens is 1. The van der Waals surface area contributed by atoms with E-state index in [-0.39, 0.29) is 18.3 Å². The van der Waals surface area contributed by atoms with Crippen LogP contribution < -0.4 is 4.90 Å². The maximum absolute atomic E-state index is 13.9. The summed E-state index contributed by atoms with van der Waals surface area (Å²) in [5.74, 6) is -0.128. The second kappa shape index (κ2) is 12.3. The van der Waals surface area contributed by atoms with Gasteiger partial charge in [0.15, 0.2) is 0 Å². The van der Waals surface area contributed by atoms with Crippen molar-refractivity contribution in [2.75, 3.05) is 4.90 Å². The van der Waals surface area contributed by atoms with Gasteiger partial charge in [0.05, 0.1) is 12.3 Å². The third-order valence-electron chi connectivity index (χ3n) is 8.28. The predicted molar refractivity (Wildman–Crippen MR) is 170 cm³/mol. The monoisotopic (exact) mass is 556 g/mol. The zero-order valence-corrected chi connectivity index (χ0v) is 24.4. The van der Waals surface area contributed by atoms with Crippen molar-refractivity contribution in [1.29, 1.82) is 0 Å². The van der Waals surface area contributed by atoms with Gasteiger partial charge in [0.2, 0.25) is 0 Å². The number of rotatable bonds is 8. The number of pyridine rings is 1. The lowest BCUT2D eigenvalue weighted by Crippen LogP contribution is -2.22. The summed E-state index contributed by atoms with van der Waals surface area (Å²) in [5, 5.41) is 10.6. The second-order valence-corrected chi connectivity index (χ2v) is 11.5. The lowest BCUT2D eigenvalue weighted by Gasteiger charge is -2.27. The number of hydrogen-bond acceptors (Lipinski definition) is 3. The van der Waals surface area contributed by atoms with Gasteiger partial charge in [0.1, 0.15) is 5.82 Å². The number of anilines is 1. The van der Waals surface area contributed by atoms with Gasteiger partial charge in [-0.1, -0.05) is 92.7 Å². The van der Waals surface area contributed by atoms with Gasteiger partial charge in [-0.2, -0.15) is 0 Å². The minimum absolute atomic E-state index is 0.0970. The van der Waals surface area contributed by atoms with Crippen LogP contribution in [0.25, 0.3) is 22.4 Å². The molecule has 0 radical (unpaired) electrons. The summed E-state index contributed by atoms with van der Waals surface area (Å²) >= 11 is 0. The number of aromatic nitrogens is 1. The van der Waals surface area contributed by atoms with Crippen molar-refractivity contribution in [2.45, 2.75) is 58.7 Å². The van der Waals surface area contributed by atoms with E-state index >= 15 is 0 Å². The van der Waals surface area contributed by atoms with Crippen molar-refractivity contribution in [1.82, 2.24) is 4.98 Å². The van der Waals surface area contributed by atoms with E-state index in [1.807, 2.05) is 12.1 Å². The molecule has 5 aromatic rings. The first-order valence-corrected chi connectivity index (χ1v) is 14.9. The van der Waals surface area contributed by atoms with Crippen molar-refractivity contribution < 1.29 is 9.50 Å². The van der Waals surface area contributed by atoms with Crippen molar-refractivity contribution in [3.8, 4) is 22.4 Å². The molecule has 0 unspecified atom stereocenters. The second-order valence-electron chi connectivity index (χ2n) is 11.5. The first-order chi connectivity index (χ1) is 20.5. The van der Waals surface area contributed by atoms with Crippen LogP contribution in [-0.2, 0) is 32.5 Å². The highest BCUT2D eigenvalue weighted by molar-refractivity contribution is 5.82. The number of aliphatic hydroxyl groups is 1. The fourth-order valence-electron chi connectivity index (χ4n) is 6.27. The van der Waals surface area contributed by atoms with Crippen LogP contribution in [0, 0.1) is 5.82 Å². The molecule has 42 heavy (non-hydrogen) atoms. The molecule has 0 spiro atoms. The lowest BCUT2D eigenvalue weighted by molar-refractivity contribution is 0.280. The van der Waals surface area contributed by atoms with E-state index in [4.69, 9.17) is 4.98 Å². The van der Waals surface area contributed by atoms with Gasteiger partial charge in [0.25, 0.3) is 0 Å². The zero-order valence-electron chi connectivity index (χ0n) is 24.4. The third kappa shape index (κ3) is 5.73. The van der Waals surface area contributed by atoms with Gasteiger partial charge >= 0.3 is 0 Å². The van der Waals surface area contributed by atoms with Crippen molar-refractivity contribution >= 4 is 5.69 Å². The fourth-order valence-corrected chi connectivity index (χ4v) is 6.27. The molecule has 4 aromatic carbocycles. The molecular formula is C38H37FN2O. The van der Waals surface area contributed by atoms with Crippen LogP contribution in [0.3, 0.4) is 0 Å². The van der Waals surface area contributed by atoms with Gasteiger partial charge in [-0.05, 0) is 82.8 Å². The van der Waals surface area contributed by atoms with Crippen LogP contribution in [0.1, 0.15) is 59.7 Å². The van der Waals surface area contributed by atoms with Crippen LogP contribution in [-0.4, -0.2) is 10.1 Å². The van der Waals surface area contributed by atoms with Gasteiger partial charge < -0.3 is 10.0 Å². The molecule has 0 amide bonds. The molecule has 212 valence electrons. The standard InChI is InChI=1S/C38H37FN2O/c1-26(2)37-35(25-42)36(29-16-18-31(39)19-17-29)34-15-9-14-30-22-32(20-21-33(30)38(34)40-37)41(23-27-10-5-3-6-11-27)24-28-12-7-4-8-13-28/h3-8,10-13,16-22,26,42H,9,14-15,23-25H2,1-2H3. The first-order valence-electron chi connectivity index (χ1n) is 14.9. The molecule has 1 heterocycles. The number of fused-ring (bicyclic) bond motifs is 3. The molecular weight excluding hydrogens is 519 g/mol. The van der Waals surface area contributed by atoms with E-state index in [1.165, 1.54) is 34.5 Å². The van der Waals surface area contributed by atoms with E-state index in [2.05, 4.69) is 97.6 Å². The highest BCUT2D eigenvalue weighted by atomic mass is 19.1. The van der Waals surface area contributed by atoms with Crippen molar-refractivity contribution in [2.24, 2.45) is 0 Å². The average Bonchev–Trinajstić information content (AvgIpc) is 3.20. The normalized spacial score (nSPS) is 12.5. The Bertz CT molecular complexity index is 1620. The summed E-state index contributed by atoms with van der Waals surface area (Å²) in [6.45, 7) is 5.77. The van der Waals surface area contributed by atoms with Crippen molar-refractivity contribution in [3.05, 3.63) is 142 Å². The lowest BCUT2D eigenvalue weighted by atomic mass is 9.87. The largest absolute Gasteiger partial charge is 0.392 e. The Morgan fingerprint density at radius 3 is 2.05 bits per heavy atom. The van der Waals surface area contributed by atoms with Crippen molar-refractivity contribution in [3.63, 3.8) is 0 Å². The van der Waals surface area contributed by atoms with E-state index in [9.17, 15) is 9.50 Å². The van der Waals surface area contributed by atoms with E-state index in [0.29, 0.717) is 0 Å². The van der Waals surface area contributed by atoms with Crippen LogP contribution in [0.4, 0.5) is 10.1 Å². The summed E-state index contributed by atoms with van der Waals surface area (Å²) in [7, 11) is 0. The average molecular weight is 557 g/mol. The molecule has 1 aliphatic carbocycles. The molecule has 6 rings (SSSR count). The summed E-state index contributed by atoms with van der Waals surface area (Å²) in [6.07, 6.45) is 2.77. The number of aliphatic hydroxyl groups excluding tert-OH is 1. The number of aryl methyl sites for hydroxylation is 1. The number of nitrogens with zero attached hydrogens (tertiary/aromatic N) is 2. The van der Waals surface area contributed by atoms with Crippen LogP contribution in [0.2, 0.25) is 0 Å². The zero-order chi connectivity index (χ0) is 29.1. The van der Waals surface area contributed by atoms with Crippen LogP contribution in [0.5, 0.6) is 0 Å². The Morgan fingerprint density at radius 1 is 0.810 bits per heavy atom. The smallest absolute Gasteiger partial charge is 0.123 e. The summed E-state index contributed by atoms with van der Waals surface area (Å²) in [4.78, 5) is 7.70. The Hall–Kier alpha value is -4.28. The van der Waals surface area contributed by atoms with E-state index in [0.717, 1.165) is 71.6 Å². The molecule has 4 heteroatoms. The van der Waals surface area contributed by atoms with Gasteiger partial charge in [-0.25, -0.2) is 4.39 Å². The Kier molecular flexibility index (Phi) is 8.16. The molecule has 1 aromatic heterocycles. The summed E-state index contributed by atoms with van der Waals surface area (Å²) in [6, 6.07) is 34.7. The topological polar surface area (TPSA) is 36.4 Å². The third-order valence-corrected chi connectivity index (χ3v) is 8.28.